The van der Waals surface area contributed by atoms with Gasteiger partial charge in [0.1, 0.15) is 0 Å². The van der Waals surface area contributed by atoms with E-state index in [4.69, 9.17) is 14.2 Å². The van der Waals surface area contributed by atoms with E-state index in [1.54, 1.807) is 0 Å². The monoisotopic (exact) mass is 394 g/mol. The zero-order chi connectivity index (χ0) is 19.5. The standard InChI is InChI=1S/C24H30N2O3/c1-2-5-19(6-3-1)12-26(15-23-18-29-23)13-20-7-4-8-21(11-20)24-16-25(9-10-27-24)14-22-17-28-22/h1-8,11,22-24H,9-10,12-18H2. The van der Waals surface area contributed by atoms with Crippen molar-refractivity contribution in [3.05, 3.63) is 71.3 Å². The molecule has 0 amide bonds. The van der Waals surface area contributed by atoms with Crippen LogP contribution in [-0.4, -0.2) is 68.0 Å². The number of ether oxygens (including phenoxy) is 3. The average Bonchev–Trinajstić information content (AvgIpc) is 3.67. The molecule has 0 bridgehead atoms. The molecule has 0 N–H and O–H groups in total. The Morgan fingerprint density at radius 3 is 2.41 bits per heavy atom. The van der Waals surface area contributed by atoms with E-state index in [-0.39, 0.29) is 6.10 Å². The Balaban J connectivity index is 1.25. The van der Waals surface area contributed by atoms with Crippen molar-refractivity contribution >= 4 is 0 Å². The molecule has 0 saturated carbocycles. The van der Waals surface area contributed by atoms with E-state index in [0.29, 0.717) is 12.2 Å². The van der Waals surface area contributed by atoms with Gasteiger partial charge in [0.15, 0.2) is 0 Å². The second kappa shape index (κ2) is 8.94. The van der Waals surface area contributed by atoms with Crippen molar-refractivity contribution in [2.24, 2.45) is 0 Å². The lowest BCUT2D eigenvalue weighted by Crippen LogP contribution is -2.40. The van der Waals surface area contributed by atoms with E-state index in [2.05, 4.69) is 64.4 Å². The van der Waals surface area contributed by atoms with Crippen molar-refractivity contribution < 1.29 is 14.2 Å². The summed E-state index contributed by atoms with van der Waals surface area (Å²) in [5.41, 5.74) is 3.97. The summed E-state index contributed by atoms with van der Waals surface area (Å²) in [6, 6.07) is 19.6. The van der Waals surface area contributed by atoms with Crippen LogP contribution in [0.15, 0.2) is 54.6 Å². The first kappa shape index (κ1) is 19.2. The van der Waals surface area contributed by atoms with Crippen molar-refractivity contribution in [2.45, 2.75) is 31.4 Å². The predicted molar refractivity (Wildman–Crippen MR) is 112 cm³/mol. The average molecular weight is 395 g/mol. The van der Waals surface area contributed by atoms with Crippen LogP contribution in [0, 0.1) is 0 Å². The Kier molecular flexibility index (Phi) is 5.92. The number of epoxide rings is 2. The van der Waals surface area contributed by atoms with Crippen LogP contribution >= 0.6 is 0 Å². The summed E-state index contributed by atoms with van der Waals surface area (Å²) in [4.78, 5) is 4.97. The fourth-order valence-electron chi connectivity index (χ4n) is 4.17. The maximum atomic E-state index is 6.11. The molecule has 0 aliphatic carbocycles. The van der Waals surface area contributed by atoms with Gasteiger partial charge >= 0.3 is 0 Å². The molecule has 0 spiro atoms. The number of hydrogen-bond donors (Lipinski definition) is 0. The summed E-state index contributed by atoms with van der Waals surface area (Å²) in [6.07, 6.45) is 0.981. The number of morpholine rings is 1. The first-order chi connectivity index (χ1) is 14.3. The van der Waals surface area contributed by atoms with E-state index < -0.39 is 0 Å². The zero-order valence-corrected chi connectivity index (χ0v) is 16.9. The molecule has 0 aromatic heterocycles. The Hall–Kier alpha value is -1.76. The van der Waals surface area contributed by atoms with E-state index in [0.717, 1.165) is 59.1 Å². The van der Waals surface area contributed by atoms with Crippen LogP contribution in [0.4, 0.5) is 0 Å². The fourth-order valence-corrected chi connectivity index (χ4v) is 4.17. The maximum Gasteiger partial charge on any atom is 0.0952 e. The van der Waals surface area contributed by atoms with Gasteiger partial charge in [-0.3, -0.25) is 9.80 Å². The third-order valence-electron chi connectivity index (χ3n) is 5.86. The third kappa shape index (κ3) is 5.65. The van der Waals surface area contributed by atoms with Gasteiger partial charge in [-0.1, -0.05) is 54.6 Å². The van der Waals surface area contributed by atoms with Crippen molar-refractivity contribution in [3.63, 3.8) is 0 Å². The minimum absolute atomic E-state index is 0.150. The second-order valence-electron chi connectivity index (χ2n) is 8.43. The van der Waals surface area contributed by atoms with Crippen molar-refractivity contribution in [2.75, 3.05) is 46.0 Å². The first-order valence-electron chi connectivity index (χ1n) is 10.7. The lowest BCUT2D eigenvalue weighted by molar-refractivity contribution is -0.0316. The molecular formula is C24H30N2O3. The molecule has 5 nitrogen and oxygen atoms in total. The highest BCUT2D eigenvalue weighted by Gasteiger charge is 2.30. The van der Waals surface area contributed by atoms with Crippen LogP contribution in [0.5, 0.6) is 0 Å². The SMILES string of the molecule is c1ccc(CN(Cc2cccc(C3CN(CC4CO4)CCO3)c2)CC2CO2)cc1. The van der Waals surface area contributed by atoms with E-state index in [1.165, 1.54) is 16.7 Å². The molecule has 3 unspecified atom stereocenters. The van der Waals surface area contributed by atoms with Gasteiger partial charge in [-0.25, -0.2) is 0 Å². The molecule has 0 radical (unpaired) electrons. The molecule has 3 heterocycles. The van der Waals surface area contributed by atoms with E-state index in [1.807, 2.05) is 0 Å². The van der Waals surface area contributed by atoms with Gasteiger partial charge in [0.2, 0.25) is 0 Å². The molecule has 3 atom stereocenters. The van der Waals surface area contributed by atoms with E-state index >= 15 is 0 Å². The molecule has 3 saturated heterocycles. The summed E-state index contributed by atoms with van der Waals surface area (Å²) < 4.78 is 17.0. The maximum absolute atomic E-state index is 6.11. The summed E-state index contributed by atoms with van der Waals surface area (Å²) in [6.45, 7) is 8.44. The van der Waals surface area contributed by atoms with Crippen molar-refractivity contribution in [3.8, 4) is 0 Å². The smallest absolute Gasteiger partial charge is 0.0952 e. The van der Waals surface area contributed by atoms with Crippen molar-refractivity contribution in [1.82, 2.24) is 9.80 Å². The lowest BCUT2D eigenvalue weighted by atomic mass is 10.0. The molecule has 154 valence electrons. The van der Waals surface area contributed by atoms with Gasteiger partial charge in [-0.05, 0) is 16.7 Å². The van der Waals surface area contributed by atoms with Crippen LogP contribution in [0.25, 0.3) is 0 Å². The Morgan fingerprint density at radius 1 is 0.862 bits per heavy atom. The predicted octanol–water partition coefficient (Wildman–Crippen LogP) is 2.86. The quantitative estimate of drug-likeness (QED) is 0.612. The molecule has 3 aliphatic rings. The molecule has 3 fully saturated rings. The summed E-state index contributed by atoms with van der Waals surface area (Å²) >= 11 is 0. The molecule has 2 aromatic rings. The Morgan fingerprint density at radius 2 is 1.62 bits per heavy atom. The first-order valence-corrected chi connectivity index (χ1v) is 10.7. The Labute approximate surface area is 173 Å². The number of nitrogens with zero attached hydrogens (tertiary/aromatic N) is 2. The van der Waals surface area contributed by atoms with Crippen LogP contribution < -0.4 is 0 Å². The van der Waals surface area contributed by atoms with Crippen LogP contribution in [-0.2, 0) is 27.3 Å². The molecule has 29 heavy (non-hydrogen) atoms. The third-order valence-corrected chi connectivity index (χ3v) is 5.86. The highest BCUT2D eigenvalue weighted by Crippen LogP contribution is 2.25. The Bertz CT molecular complexity index is 792. The number of rotatable bonds is 9. The summed E-state index contributed by atoms with van der Waals surface area (Å²) in [5.74, 6) is 0. The molecule has 5 rings (SSSR count). The highest BCUT2D eigenvalue weighted by atomic mass is 16.6. The van der Waals surface area contributed by atoms with Gasteiger partial charge < -0.3 is 14.2 Å². The van der Waals surface area contributed by atoms with Gasteiger partial charge in [-0.15, -0.1) is 0 Å². The van der Waals surface area contributed by atoms with Gasteiger partial charge in [-0.2, -0.15) is 0 Å². The molecular weight excluding hydrogens is 364 g/mol. The minimum Gasteiger partial charge on any atom is -0.372 e. The molecule has 3 aliphatic heterocycles. The second-order valence-corrected chi connectivity index (χ2v) is 8.43. The lowest BCUT2D eigenvalue weighted by Gasteiger charge is -2.33. The van der Waals surface area contributed by atoms with E-state index in [9.17, 15) is 0 Å². The highest BCUT2D eigenvalue weighted by molar-refractivity contribution is 5.26. The topological polar surface area (TPSA) is 40.8 Å². The van der Waals surface area contributed by atoms with Gasteiger partial charge in [0, 0.05) is 39.3 Å². The van der Waals surface area contributed by atoms with Crippen LogP contribution in [0.3, 0.4) is 0 Å². The molecule has 5 heteroatoms. The van der Waals surface area contributed by atoms with Crippen LogP contribution in [0.1, 0.15) is 22.8 Å². The fraction of sp³-hybridized carbons (Fsp3) is 0.500. The largest absolute Gasteiger partial charge is 0.372 e. The molecule has 2 aromatic carbocycles. The van der Waals surface area contributed by atoms with Crippen molar-refractivity contribution in [1.29, 1.82) is 0 Å². The minimum atomic E-state index is 0.150. The van der Waals surface area contributed by atoms with Gasteiger partial charge in [0.05, 0.1) is 38.1 Å². The van der Waals surface area contributed by atoms with Gasteiger partial charge in [0.25, 0.3) is 0 Å². The number of hydrogen-bond acceptors (Lipinski definition) is 5. The summed E-state index contributed by atoms with van der Waals surface area (Å²) in [7, 11) is 0. The zero-order valence-electron chi connectivity index (χ0n) is 16.9. The summed E-state index contributed by atoms with van der Waals surface area (Å²) in [5, 5.41) is 0. The number of benzene rings is 2. The van der Waals surface area contributed by atoms with Crippen LogP contribution in [0.2, 0.25) is 0 Å². The normalized spacial score (nSPS) is 26.6.